The summed E-state index contributed by atoms with van der Waals surface area (Å²) >= 11 is 6.26. The number of carbonyl (C=O) groups is 1. The molecule has 0 fully saturated rings. The lowest BCUT2D eigenvalue weighted by Gasteiger charge is -2.30. The molecule has 3 aromatic rings. The number of hydrogen-bond acceptors (Lipinski definition) is 5. The molecule has 8 heteroatoms. The maximum atomic E-state index is 12.1. The van der Waals surface area contributed by atoms with E-state index in [4.69, 9.17) is 35.4 Å². The first-order valence-corrected chi connectivity index (χ1v) is 10.3. The number of anilines is 1. The molecule has 1 N–H and O–H groups in total. The Balaban J connectivity index is 1.93. The Hall–Kier alpha value is -3.50. The third kappa shape index (κ3) is 4.02. The Morgan fingerprint density at radius 2 is 2.09 bits per heavy atom. The van der Waals surface area contributed by atoms with Gasteiger partial charge in [0.1, 0.15) is 17.0 Å². The molecule has 2 heterocycles. The highest BCUT2D eigenvalue weighted by molar-refractivity contribution is 6.32. The van der Waals surface area contributed by atoms with Gasteiger partial charge in [-0.15, -0.1) is 0 Å². The first-order chi connectivity index (χ1) is 16.2. The lowest BCUT2D eigenvalue weighted by atomic mass is 9.99. The molecule has 1 aromatic heterocycles. The second-order valence-corrected chi connectivity index (χ2v) is 7.77. The molecule has 32 heavy (non-hydrogen) atoms. The van der Waals surface area contributed by atoms with Crippen LogP contribution in [0.3, 0.4) is 0 Å². The van der Waals surface area contributed by atoms with Crippen molar-refractivity contribution in [3.05, 3.63) is 63.6 Å². The average Bonchev–Trinajstić information content (AvgIpc) is 2.82. The maximum Gasteiger partial charge on any atom is 0.219 e. The van der Waals surface area contributed by atoms with E-state index in [2.05, 4.69) is 10.2 Å². The average molecular weight is 453 g/mol. The van der Waals surface area contributed by atoms with Crippen LogP contribution in [-0.2, 0) is 24.3 Å². The summed E-state index contributed by atoms with van der Waals surface area (Å²) in [5.74, 6) is 0.794. The van der Waals surface area contributed by atoms with E-state index in [0.29, 0.717) is 57.9 Å². The Morgan fingerprint density at radius 3 is 2.75 bits per heavy atom. The first-order valence-electron chi connectivity index (χ1n) is 11.0. The monoisotopic (exact) mass is 452 g/mol. The Kier molecular flexibility index (Phi) is 5.36. The summed E-state index contributed by atoms with van der Waals surface area (Å²) < 4.78 is 28.3. The van der Waals surface area contributed by atoms with Crippen LogP contribution in [0.1, 0.15) is 26.5 Å². The Bertz CT molecular complexity index is 1340. The minimum Gasteiger partial charge on any atom is -0.496 e. The molecule has 7 nitrogen and oxygen atoms in total. The number of hydrogen-bond donors (Lipinski definition) is 1. The number of methoxy groups -OCH3 is 2. The lowest BCUT2D eigenvalue weighted by Crippen LogP contribution is -2.35. The zero-order valence-electron chi connectivity index (χ0n) is 20.0. The number of rotatable bonds is 5. The molecule has 0 radical (unpaired) electrons. The lowest BCUT2D eigenvalue weighted by molar-refractivity contribution is -0.129. The smallest absolute Gasteiger partial charge is 0.219 e. The Labute approximate surface area is 194 Å². The van der Waals surface area contributed by atoms with Crippen LogP contribution in [0.5, 0.6) is 11.5 Å². The number of aromatic nitrogens is 1. The van der Waals surface area contributed by atoms with Gasteiger partial charge in [0.05, 0.1) is 34.2 Å². The summed E-state index contributed by atoms with van der Waals surface area (Å²) in [4.78, 5) is 22.1. The van der Waals surface area contributed by atoms with E-state index in [9.17, 15) is 4.79 Å². The van der Waals surface area contributed by atoms with Gasteiger partial charge in [-0.05, 0) is 29.8 Å². The van der Waals surface area contributed by atoms with Crippen LogP contribution >= 0.6 is 11.6 Å². The van der Waals surface area contributed by atoms with Gasteiger partial charge in [0.15, 0.2) is 5.69 Å². The summed E-state index contributed by atoms with van der Waals surface area (Å²) in [6.45, 7) is 7.75. The van der Waals surface area contributed by atoms with Crippen LogP contribution in [0.15, 0.2) is 30.3 Å². The minimum atomic E-state index is -2.04. The van der Waals surface area contributed by atoms with Gasteiger partial charge >= 0.3 is 0 Å². The summed E-state index contributed by atoms with van der Waals surface area (Å²) in [5.41, 5.74) is 3.08. The van der Waals surface area contributed by atoms with E-state index in [1.807, 2.05) is 0 Å². The number of benzene rings is 2. The molecule has 4 rings (SSSR count). The first kappa shape index (κ1) is 19.2. The standard InChI is InChI=1S/C24H23ClN4O3/c1-14(30)29-8-7-20-18(13-29)23(27-12-15-5-6-21(31-3)19(25)9-15)17-10-16(26-2)11-22(32-4)24(17)28-20/h5-6,9-11H,7-8,12-13H2,1,3-4H3,(H,27,28)/i12D2. The van der Waals surface area contributed by atoms with Crippen molar-refractivity contribution in [2.24, 2.45) is 0 Å². The third-order valence-electron chi connectivity index (χ3n) is 5.47. The second-order valence-electron chi connectivity index (χ2n) is 7.36. The van der Waals surface area contributed by atoms with Gasteiger partial charge in [0.2, 0.25) is 5.91 Å². The molecule has 0 bridgehead atoms. The second kappa shape index (κ2) is 8.93. The molecule has 0 aliphatic carbocycles. The predicted octanol–water partition coefficient (Wildman–Crippen LogP) is 4.97. The largest absolute Gasteiger partial charge is 0.496 e. The van der Waals surface area contributed by atoms with Gasteiger partial charge in [-0.2, -0.15) is 0 Å². The zero-order valence-corrected chi connectivity index (χ0v) is 18.7. The van der Waals surface area contributed by atoms with Gasteiger partial charge in [-0.25, -0.2) is 9.83 Å². The highest BCUT2D eigenvalue weighted by Gasteiger charge is 2.25. The highest BCUT2D eigenvalue weighted by atomic mass is 35.5. The Morgan fingerprint density at radius 1 is 1.31 bits per heavy atom. The number of carbonyl (C=O) groups excluding carboxylic acids is 1. The van der Waals surface area contributed by atoms with Crippen LogP contribution in [0.2, 0.25) is 5.02 Å². The van der Waals surface area contributed by atoms with Crippen LogP contribution in [0.25, 0.3) is 15.7 Å². The summed E-state index contributed by atoms with van der Waals surface area (Å²) in [5, 5.41) is 3.85. The number of nitrogens with zero attached hydrogens (tertiary/aromatic N) is 3. The number of fused-ring (bicyclic) bond motifs is 2. The molecule has 0 saturated carbocycles. The highest BCUT2D eigenvalue weighted by Crippen LogP contribution is 2.39. The van der Waals surface area contributed by atoms with Crippen molar-refractivity contribution in [2.75, 3.05) is 26.1 Å². The summed E-state index contributed by atoms with van der Waals surface area (Å²) in [6.07, 6.45) is 0.518. The SMILES string of the molecule is [2H]C([2H])(Nc1c2c(nc3c(OC)cc([N+]#[C-])cc13)CCN(C(C)=O)C2)c1ccc(OC)c(Cl)c1. The fourth-order valence-corrected chi connectivity index (χ4v) is 4.06. The van der Waals surface area contributed by atoms with Crippen molar-refractivity contribution < 1.29 is 17.0 Å². The molecule has 1 amide bonds. The summed E-state index contributed by atoms with van der Waals surface area (Å²) in [7, 11) is 3.00. The number of halogens is 1. The molecule has 2 aromatic carbocycles. The van der Waals surface area contributed by atoms with Crippen LogP contribution < -0.4 is 14.8 Å². The van der Waals surface area contributed by atoms with E-state index >= 15 is 0 Å². The number of nitrogens with one attached hydrogen (secondary N) is 1. The van der Waals surface area contributed by atoms with E-state index in [1.165, 1.54) is 27.2 Å². The topological polar surface area (TPSA) is 68.1 Å². The number of pyridine rings is 1. The molecular formula is C24H23ClN4O3. The maximum absolute atomic E-state index is 12.1. The van der Waals surface area contributed by atoms with Crippen LogP contribution in [0.4, 0.5) is 11.4 Å². The zero-order chi connectivity index (χ0) is 24.6. The van der Waals surface area contributed by atoms with Crippen LogP contribution in [0, 0.1) is 6.57 Å². The number of ether oxygens (including phenoxy) is 2. The van der Waals surface area contributed by atoms with Crippen molar-refractivity contribution in [1.82, 2.24) is 9.88 Å². The van der Waals surface area contributed by atoms with E-state index in [0.717, 1.165) is 5.69 Å². The van der Waals surface area contributed by atoms with Crippen molar-refractivity contribution in [2.45, 2.75) is 26.4 Å². The quantitative estimate of drug-likeness (QED) is 0.553. The van der Waals surface area contributed by atoms with Crippen LogP contribution in [-0.4, -0.2) is 36.6 Å². The fraction of sp³-hybridized carbons (Fsp3) is 0.292. The molecular weight excluding hydrogens is 428 g/mol. The van der Waals surface area contributed by atoms with Crippen molar-refractivity contribution in [3.8, 4) is 11.5 Å². The molecule has 1 aliphatic rings. The van der Waals surface area contributed by atoms with E-state index < -0.39 is 6.50 Å². The molecule has 164 valence electrons. The normalized spacial score (nSPS) is 14.2. The van der Waals surface area contributed by atoms with Gasteiger partial charge in [-0.1, -0.05) is 17.7 Å². The number of amides is 1. The van der Waals surface area contributed by atoms with Gasteiger partial charge in [0, 0.05) is 49.6 Å². The van der Waals surface area contributed by atoms with Gasteiger partial charge in [0.25, 0.3) is 0 Å². The van der Waals surface area contributed by atoms with Gasteiger partial charge in [-0.3, -0.25) is 4.79 Å². The summed E-state index contributed by atoms with van der Waals surface area (Å²) in [6, 6.07) is 7.98. The van der Waals surface area contributed by atoms with Gasteiger partial charge < -0.3 is 19.7 Å². The molecule has 0 atom stereocenters. The predicted molar refractivity (Wildman–Crippen MR) is 125 cm³/mol. The van der Waals surface area contributed by atoms with Crippen molar-refractivity contribution >= 4 is 39.8 Å². The molecule has 0 unspecified atom stereocenters. The minimum absolute atomic E-state index is 0.0749. The van der Waals surface area contributed by atoms with Crippen molar-refractivity contribution in [3.63, 3.8) is 0 Å². The van der Waals surface area contributed by atoms with E-state index in [-0.39, 0.29) is 17.5 Å². The van der Waals surface area contributed by atoms with Crippen molar-refractivity contribution in [1.29, 1.82) is 0 Å². The third-order valence-corrected chi connectivity index (χ3v) is 5.77. The fourth-order valence-electron chi connectivity index (χ4n) is 3.81. The molecule has 0 saturated heterocycles. The molecule has 1 aliphatic heterocycles. The van der Waals surface area contributed by atoms with E-state index in [1.54, 1.807) is 29.2 Å². The molecule has 0 spiro atoms.